The molecule has 3 rings (SSSR count). The zero-order valence-electron chi connectivity index (χ0n) is 15.6. The summed E-state index contributed by atoms with van der Waals surface area (Å²) in [6, 6.07) is 15.1. The molecule has 6 nitrogen and oxygen atoms in total. The van der Waals surface area contributed by atoms with Crippen LogP contribution in [0.5, 0.6) is 0 Å². The first-order valence-corrected chi connectivity index (χ1v) is 8.77. The van der Waals surface area contributed by atoms with Gasteiger partial charge in [-0.3, -0.25) is 0 Å². The van der Waals surface area contributed by atoms with Crippen molar-refractivity contribution in [3.05, 3.63) is 71.4 Å². The van der Waals surface area contributed by atoms with Gasteiger partial charge in [-0.05, 0) is 56.2 Å². The Balaban J connectivity index is 1.83. The SMILES string of the molecule is CCOC(=O)c1ccccc1Nc1nccc(Nc2cc(C)ccc2C)n1. The van der Waals surface area contributed by atoms with Gasteiger partial charge < -0.3 is 15.4 Å². The molecule has 1 heterocycles. The molecule has 0 fully saturated rings. The first-order valence-electron chi connectivity index (χ1n) is 8.77. The van der Waals surface area contributed by atoms with Gasteiger partial charge in [0, 0.05) is 11.9 Å². The molecule has 0 aliphatic carbocycles. The van der Waals surface area contributed by atoms with Gasteiger partial charge in [0.25, 0.3) is 0 Å². The Hall–Kier alpha value is -3.41. The van der Waals surface area contributed by atoms with E-state index in [1.165, 1.54) is 5.56 Å². The van der Waals surface area contributed by atoms with Crippen LogP contribution in [0.25, 0.3) is 0 Å². The van der Waals surface area contributed by atoms with Gasteiger partial charge in [0.05, 0.1) is 17.9 Å². The maximum atomic E-state index is 12.1. The average Bonchev–Trinajstić information content (AvgIpc) is 2.66. The highest BCUT2D eigenvalue weighted by Crippen LogP contribution is 2.23. The molecule has 0 amide bonds. The number of hydrogen-bond donors (Lipinski definition) is 2. The Labute approximate surface area is 158 Å². The second-order valence-corrected chi connectivity index (χ2v) is 6.10. The number of benzene rings is 2. The Morgan fingerprint density at radius 1 is 1.04 bits per heavy atom. The number of aromatic nitrogens is 2. The van der Waals surface area contributed by atoms with Crippen molar-refractivity contribution < 1.29 is 9.53 Å². The quantitative estimate of drug-likeness (QED) is 0.616. The summed E-state index contributed by atoms with van der Waals surface area (Å²) in [6.45, 7) is 6.18. The second kappa shape index (κ2) is 8.31. The Morgan fingerprint density at radius 2 is 1.85 bits per heavy atom. The molecule has 0 spiro atoms. The highest BCUT2D eigenvalue weighted by molar-refractivity contribution is 5.96. The Bertz CT molecular complexity index is 956. The number of hydrogen-bond acceptors (Lipinski definition) is 6. The lowest BCUT2D eigenvalue weighted by Crippen LogP contribution is -2.09. The molecule has 2 N–H and O–H groups in total. The summed E-state index contributed by atoms with van der Waals surface area (Å²) in [4.78, 5) is 20.9. The Kier molecular flexibility index (Phi) is 5.66. The summed E-state index contributed by atoms with van der Waals surface area (Å²) in [7, 11) is 0. The predicted molar refractivity (Wildman–Crippen MR) is 107 cm³/mol. The summed E-state index contributed by atoms with van der Waals surface area (Å²) in [6.07, 6.45) is 1.66. The first kappa shape index (κ1) is 18.4. The average molecular weight is 362 g/mol. The van der Waals surface area contributed by atoms with Crippen LogP contribution in [0.15, 0.2) is 54.7 Å². The van der Waals surface area contributed by atoms with Crippen molar-refractivity contribution in [1.29, 1.82) is 0 Å². The number of para-hydroxylation sites is 1. The number of nitrogens with zero attached hydrogens (tertiary/aromatic N) is 2. The van der Waals surface area contributed by atoms with Gasteiger partial charge in [0.2, 0.25) is 5.95 Å². The van der Waals surface area contributed by atoms with E-state index in [0.717, 1.165) is 11.3 Å². The highest BCUT2D eigenvalue weighted by atomic mass is 16.5. The summed E-state index contributed by atoms with van der Waals surface area (Å²) in [5, 5.41) is 6.42. The number of ether oxygens (including phenoxy) is 1. The molecule has 0 radical (unpaired) electrons. The zero-order chi connectivity index (χ0) is 19.2. The van der Waals surface area contributed by atoms with Crippen molar-refractivity contribution >= 4 is 29.1 Å². The van der Waals surface area contributed by atoms with Gasteiger partial charge in [0.1, 0.15) is 5.82 Å². The van der Waals surface area contributed by atoms with Crippen LogP contribution in [0.2, 0.25) is 0 Å². The molecule has 1 aromatic heterocycles. The molecule has 138 valence electrons. The minimum Gasteiger partial charge on any atom is -0.462 e. The summed E-state index contributed by atoms with van der Waals surface area (Å²) >= 11 is 0. The maximum absolute atomic E-state index is 12.1. The van der Waals surface area contributed by atoms with Gasteiger partial charge >= 0.3 is 5.97 Å². The van der Waals surface area contributed by atoms with Gasteiger partial charge in [-0.15, -0.1) is 0 Å². The number of aryl methyl sites for hydroxylation is 2. The topological polar surface area (TPSA) is 76.1 Å². The van der Waals surface area contributed by atoms with Crippen LogP contribution < -0.4 is 10.6 Å². The molecule has 2 aromatic carbocycles. The van der Waals surface area contributed by atoms with Crippen LogP contribution in [0, 0.1) is 13.8 Å². The highest BCUT2D eigenvalue weighted by Gasteiger charge is 2.13. The first-order chi connectivity index (χ1) is 13.1. The molecule has 27 heavy (non-hydrogen) atoms. The molecule has 0 saturated carbocycles. The van der Waals surface area contributed by atoms with E-state index in [4.69, 9.17) is 4.74 Å². The summed E-state index contributed by atoms with van der Waals surface area (Å²) in [5.74, 6) is 0.669. The van der Waals surface area contributed by atoms with Crippen LogP contribution in [0.3, 0.4) is 0 Å². The third kappa shape index (κ3) is 4.61. The van der Waals surface area contributed by atoms with E-state index < -0.39 is 0 Å². The molecule has 0 aliphatic heterocycles. The number of carbonyl (C=O) groups is 1. The van der Waals surface area contributed by atoms with E-state index in [1.54, 1.807) is 37.4 Å². The standard InChI is InChI=1S/C21H22N4O2/c1-4-27-20(26)16-7-5-6-8-17(16)24-21-22-12-11-19(25-21)23-18-13-14(2)9-10-15(18)3/h5-13H,4H2,1-3H3,(H2,22,23,24,25). The monoisotopic (exact) mass is 362 g/mol. The fraction of sp³-hybridized carbons (Fsp3) is 0.190. The smallest absolute Gasteiger partial charge is 0.340 e. The van der Waals surface area contributed by atoms with Gasteiger partial charge in [-0.25, -0.2) is 9.78 Å². The van der Waals surface area contributed by atoms with E-state index in [-0.39, 0.29) is 5.97 Å². The largest absolute Gasteiger partial charge is 0.462 e. The van der Waals surface area contributed by atoms with Crippen molar-refractivity contribution in [3.8, 4) is 0 Å². The lowest BCUT2D eigenvalue weighted by Gasteiger charge is -2.12. The molecule has 0 saturated heterocycles. The van der Waals surface area contributed by atoms with Crippen molar-refractivity contribution in [2.75, 3.05) is 17.2 Å². The van der Waals surface area contributed by atoms with E-state index in [1.807, 2.05) is 19.9 Å². The normalized spacial score (nSPS) is 10.3. The van der Waals surface area contributed by atoms with E-state index in [9.17, 15) is 4.79 Å². The molecule has 6 heteroatoms. The molecule has 0 atom stereocenters. The summed E-state index contributed by atoms with van der Waals surface area (Å²) in [5.41, 5.74) is 4.32. The second-order valence-electron chi connectivity index (χ2n) is 6.10. The third-order valence-electron chi connectivity index (χ3n) is 3.98. The fourth-order valence-corrected chi connectivity index (χ4v) is 2.60. The van der Waals surface area contributed by atoms with Gasteiger partial charge in [0.15, 0.2) is 0 Å². The van der Waals surface area contributed by atoms with E-state index >= 15 is 0 Å². The molecular formula is C21H22N4O2. The molecule has 0 aliphatic rings. The number of esters is 1. The van der Waals surface area contributed by atoms with Crippen LogP contribution in [-0.4, -0.2) is 22.5 Å². The van der Waals surface area contributed by atoms with Crippen LogP contribution in [-0.2, 0) is 4.74 Å². The lowest BCUT2D eigenvalue weighted by molar-refractivity contribution is 0.0527. The van der Waals surface area contributed by atoms with Gasteiger partial charge in [-0.1, -0.05) is 24.3 Å². The minimum atomic E-state index is -0.384. The van der Waals surface area contributed by atoms with Crippen LogP contribution in [0.1, 0.15) is 28.4 Å². The number of nitrogens with one attached hydrogen (secondary N) is 2. The number of anilines is 4. The lowest BCUT2D eigenvalue weighted by atomic mass is 10.1. The third-order valence-corrected chi connectivity index (χ3v) is 3.98. The molecule has 0 bridgehead atoms. The van der Waals surface area contributed by atoms with E-state index in [2.05, 4.69) is 38.8 Å². The van der Waals surface area contributed by atoms with E-state index in [0.29, 0.717) is 29.6 Å². The predicted octanol–water partition coefficient (Wildman–Crippen LogP) is 4.76. The van der Waals surface area contributed by atoms with Crippen LogP contribution >= 0.6 is 0 Å². The minimum absolute atomic E-state index is 0.318. The van der Waals surface area contributed by atoms with Crippen LogP contribution in [0.4, 0.5) is 23.1 Å². The summed E-state index contributed by atoms with van der Waals surface area (Å²) < 4.78 is 5.10. The van der Waals surface area contributed by atoms with Crippen molar-refractivity contribution in [2.24, 2.45) is 0 Å². The molecule has 3 aromatic rings. The number of carbonyl (C=O) groups excluding carboxylic acids is 1. The number of rotatable bonds is 6. The maximum Gasteiger partial charge on any atom is 0.340 e. The zero-order valence-corrected chi connectivity index (χ0v) is 15.6. The van der Waals surface area contributed by atoms with Crippen molar-refractivity contribution in [1.82, 2.24) is 9.97 Å². The molecule has 0 unspecified atom stereocenters. The van der Waals surface area contributed by atoms with Gasteiger partial charge in [-0.2, -0.15) is 4.98 Å². The Morgan fingerprint density at radius 3 is 2.67 bits per heavy atom. The van der Waals surface area contributed by atoms with Crippen molar-refractivity contribution in [2.45, 2.75) is 20.8 Å². The van der Waals surface area contributed by atoms with Crippen molar-refractivity contribution in [3.63, 3.8) is 0 Å². The fourth-order valence-electron chi connectivity index (χ4n) is 2.60. The molecular weight excluding hydrogens is 340 g/mol.